The summed E-state index contributed by atoms with van der Waals surface area (Å²) in [4.78, 5) is -0.619. The molecule has 22 heavy (non-hydrogen) atoms. The number of nitrogen functional groups attached to an aromatic ring is 2. The minimum atomic E-state index is -4.10. The number of hydrogen-bond donors (Lipinski definition) is 3. The van der Waals surface area contributed by atoms with Gasteiger partial charge >= 0.3 is 0 Å². The summed E-state index contributed by atoms with van der Waals surface area (Å²) in [6.07, 6.45) is 0. The molecule has 0 aliphatic carbocycles. The first kappa shape index (κ1) is 17.7. The van der Waals surface area contributed by atoms with Gasteiger partial charge in [0.2, 0.25) is 10.0 Å². The molecular weight excluding hydrogens is 326 g/mol. The molecule has 0 atom stereocenters. The molecule has 0 unspecified atom stereocenters. The third kappa shape index (κ3) is 4.60. The van der Waals surface area contributed by atoms with E-state index >= 15 is 0 Å². The summed E-state index contributed by atoms with van der Waals surface area (Å²) in [7, 11) is -4.10. The highest BCUT2D eigenvalue weighted by molar-refractivity contribution is 7.89. The largest absolute Gasteiger partial charge is 0.399 e. The molecule has 0 aromatic heterocycles. The van der Waals surface area contributed by atoms with Crippen LogP contribution < -0.4 is 16.6 Å². The van der Waals surface area contributed by atoms with Gasteiger partial charge in [0.05, 0.1) is 5.69 Å². The van der Waals surface area contributed by atoms with E-state index in [0.717, 1.165) is 12.1 Å². The Bertz CT molecular complexity index is 797. The van der Waals surface area contributed by atoms with Crippen molar-refractivity contribution in [2.75, 3.05) is 11.5 Å². The lowest BCUT2D eigenvalue weighted by molar-refractivity contribution is 0.505. The van der Waals surface area contributed by atoms with Crippen molar-refractivity contribution in [1.29, 1.82) is 0 Å². The molecule has 2 aromatic rings. The zero-order valence-electron chi connectivity index (χ0n) is 10.9. The average molecular weight is 337 g/mol. The molecule has 0 saturated carbocycles. The smallest absolute Gasteiger partial charge is 0.240 e. The maximum Gasteiger partial charge on any atom is 0.240 e. The molecule has 5 nitrogen and oxygen atoms in total. The number of benzene rings is 2. The molecular formula is C12H11F4N3O2S. The second-order valence-corrected chi connectivity index (χ2v) is 5.55. The van der Waals surface area contributed by atoms with Crippen LogP contribution in [0.5, 0.6) is 0 Å². The molecule has 0 fully saturated rings. The summed E-state index contributed by atoms with van der Waals surface area (Å²) in [5, 5.41) is 4.68. The average Bonchev–Trinajstić information content (AvgIpc) is 2.38. The monoisotopic (exact) mass is 337 g/mol. The normalized spacial score (nSPS) is 10.8. The summed E-state index contributed by atoms with van der Waals surface area (Å²) in [6.45, 7) is 0. The lowest BCUT2D eigenvalue weighted by Gasteiger charge is -2.02. The van der Waals surface area contributed by atoms with E-state index in [1.807, 2.05) is 0 Å². The van der Waals surface area contributed by atoms with E-state index < -0.39 is 43.9 Å². The molecule has 0 amide bonds. The fourth-order valence-corrected chi connectivity index (χ4v) is 1.96. The number of nitrogens with two attached hydrogens (primary N) is 3. The summed E-state index contributed by atoms with van der Waals surface area (Å²) >= 11 is 0. The van der Waals surface area contributed by atoms with Crippen molar-refractivity contribution in [2.45, 2.75) is 4.90 Å². The first-order valence-electron chi connectivity index (χ1n) is 5.50. The number of primary sulfonamides is 1. The van der Waals surface area contributed by atoms with E-state index in [0.29, 0.717) is 12.1 Å². The van der Waals surface area contributed by atoms with Gasteiger partial charge in [0, 0.05) is 11.8 Å². The van der Waals surface area contributed by atoms with Gasteiger partial charge in [0.1, 0.15) is 4.90 Å². The van der Waals surface area contributed by atoms with Gasteiger partial charge in [-0.3, -0.25) is 0 Å². The van der Waals surface area contributed by atoms with Gasteiger partial charge < -0.3 is 11.5 Å². The van der Waals surface area contributed by atoms with E-state index in [9.17, 15) is 26.0 Å². The summed E-state index contributed by atoms with van der Waals surface area (Å²) in [5.74, 6) is -4.30. The van der Waals surface area contributed by atoms with Gasteiger partial charge in [0.25, 0.3) is 0 Å². The minimum absolute atomic E-state index is 0.230. The van der Waals surface area contributed by atoms with Crippen LogP contribution in [0.4, 0.5) is 28.9 Å². The fourth-order valence-electron chi connectivity index (χ4n) is 1.30. The topological polar surface area (TPSA) is 112 Å². The van der Waals surface area contributed by atoms with Crippen molar-refractivity contribution in [1.82, 2.24) is 0 Å². The predicted molar refractivity (Wildman–Crippen MR) is 72.9 cm³/mol. The number of rotatable bonds is 1. The van der Waals surface area contributed by atoms with Gasteiger partial charge in [-0.15, -0.1) is 0 Å². The summed E-state index contributed by atoms with van der Waals surface area (Å²) in [5.41, 5.74) is 10.0. The van der Waals surface area contributed by atoms with Gasteiger partial charge in [-0.05, 0) is 24.3 Å². The van der Waals surface area contributed by atoms with Crippen LogP contribution in [-0.2, 0) is 10.0 Å². The van der Waals surface area contributed by atoms with Gasteiger partial charge in [-0.25, -0.2) is 31.1 Å². The van der Waals surface area contributed by atoms with E-state index in [-0.39, 0.29) is 5.69 Å². The van der Waals surface area contributed by atoms with Crippen molar-refractivity contribution >= 4 is 21.4 Å². The molecule has 0 saturated heterocycles. The number of hydrogen-bond acceptors (Lipinski definition) is 4. The quantitative estimate of drug-likeness (QED) is 0.543. The molecule has 2 rings (SSSR count). The first-order valence-corrected chi connectivity index (χ1v) is 7.05. The van der Waals surface area contributed by atoms with Crippen LogP contribution in [0.3, 0.4) is 0 Å². The molecule has 10 heteroatoms. The Kier molecular flexibility index (Phi) is 5.33. The maximum absolute atomic E-state index is 12.5. The Morgan fingerprint density at radius 1 is 0.773 bits per heavy atom. The highest BCUT2D eigenvalue weighted by Gasteiger charge is 2.15. The fraction of sp³-hybridized carbons (Fsp3) is 0. The van der Waals surface area contributed by atoms with E-state index in [2.05, 4.69) is 5.14 Å². The summed E-state index contributed by atoms with van der Waals surface area (Å²) < 4.78 is 70.6. The predicted octanol–water partition coefficient (Wildman–Crippen LogP) is 1.74. The molecule has 0 heterocycles. The lowest BCUT2D eigenvalue weighted by atomic mass is 10.3. The maximum atomic E-state index is 12.5. The van der Waals surface area contributed by atoms with Crippen LogP contribution in [0.25, 0.3) is 0 Å². The SMILES string of the molecule is Nc1cc(F)c(F)cc1S(N)(=O)=O.Nc1ccc(F)c(F)c1. The van der Waals surface area contributed by atoms with E-state index in [1.54, 1.807) is 0 Å². The van der Waals surface area contributed by atoms with Gasteiger partial charge in [-0.2, -0.15) is 0 Å². The van der Waals surface area contributed by atoms with Crippen LogP contribution >= 0.6 is 0 Å². The summed E-state index contributed by atoms with van der Waals surface area (Å²) in [6, 6.07) is 4.24. The molecule has 0 radical (unpaired) electrons. The Hall–Kier alpha value is -2.33. The molecule has 2 aromatic carbocycles. The standard InChI is InChI=1S/C6H6F2N2O2S.C6H5F2N/c7-3-1-5(9)6(2-4(3)8)13(10,11)12;7-5-2-1-4(9)3-6(5)8/h1-2H,9H2,(H2,10,11,12);1-3H,9H2. The number of halogens is 4. The lowest BCUT2D eigenvalue weighted by Crippen LogP contribution is -2.15. The van der Waals surface area contributed by atoms with Crippen LogP contribution in [0.15, 0.2) is 35.2 Å². The molecule has 0 aliphatic heterocycles. The van der Waals surface area contributed by atoms with Crippen LogP contribution in [0, 0.1) is 23.3 Å². The highest BCUT2D eigenvalue weighted by Crippen LogP contribution is 2.20. The third-order valence-corrected chi connectivity index (χ3v) is 3.27. The Morgan fingerprint density at radius 2 is 1.27 bits per heavy atom. The van der Waals surface area contributed by atoms with Crippen molar-refractivity contribution in [3.05, 3.63) is 53.6 Å². The van der Waals surface area contributed by atoms with E-state index in [4.69, 9.17) is 11.5 Å². The zero-order chi connectivity index (χ0) is 17.1. The molecule has 0 aliphatic rings. The molecule has 0 bridgehead atoms. The van der Waals surface area contributed by atoms with Crippen LogP contribution in [-0.4, -0.2) is 8.42 Å². The number of sulfonamides is 1. The second-order valence-electron chi connectivity index (χ2n) is 4.02. The van der Waals surface area contributed by atoms with Gasteiger partial charge in [0.15, 0.2) is 23.3 Å². The van der Waals surface area contributed by atoms with Crippen molar-refractivity contribution in [3.8, 4) is 0 Å². The molecule has 120 valence electrons. The van der Waals surface area contributed by atoms with Crippen molar-refractivity contribution in [3.63, 3.8) is 0 Å². The second kappa shape index (κ2) is 6.62. The van der Waals surface area contributed by atoms with Crippen LogP contribution in [0.2, 0.25) is 0 Å². The Morgan fingerprint density at radius 3 is 1.73 bits per heavy atom. The minimum Gasteiger partial charge on any atom is -0.399 e. The highest BCUT2D eigenvalue weighted by atomic mass is 32.2. The number of anilines is 2. The molecule has 6 N–H and O–H groups in total. The van der Waals surface area contributed by atoms with Crippen LogP contribution in [0.1, 0.15) is 0 Å². The van der Waals surface area contributed by atoms with E-state index in [1.165, 1.54) is 6.07 Å². The Balaban J connectivity index is 0.000000235. The zero-order valence-corrected chi connectivity index (χ0v) is 11.7. The van der Waals surface area contributed by atoms with Crippen molar-refractivity contribution in [2.24, 2.45) is 5.14 Å². The molecule has 0 spiro atoms. The van der Waals surface area contributed by atoms with Gasteiger partial charge in [-0.1, -0.05) is 0 Å². The first-order chi connectivity index (χ1) is 10.0. The Labute approximate surface area is 123 Å². The van der Waals surface area contributed by atoms with Crippen molar-refractivity contribution < 1.29 is 26.0 Å². The third-order valence-electron chi connectivity index (χ3n) is 2.30.